The normalized spacial score (nSPS) is 28.7. The minimum absolute atomic E-state index is 0.0843. The Hall–Kier alpha value is -2.26. The molecular weight excluding hydrogens is 460 g/mol. The van der Waals surface area contributed by atoms with E-state index in [0.717, 1.165) is 5.56 Å². The quantitative estimate of drug-likeness (QED) is 0.447. The number of ketones is 1. The first-order chi connectivity index (χ1) is 16.2. The lowest BCUT2D eigenvalue weighted by Gasteiger charge is -2.55. The average molecular weight is 499 g/mol. The number of ether oxygens (including phenoxy) is 1. The third-order valence-electron chi connectivity index (χ3n) is 8.41. The number of aliphatic hydroxyl groups is 1. The van der Waals surface area contributed by atoms with Crippen LogP contribution in [-0.4, -0.2) is 55.1 Å². The highest BCUT2D eigenvalue weighted by atomic mass is 28.4. The van der Waals surface area contributed by atoms with E-state index in [-0.39, 0.29) is 23.1 Å². The van der Waals surface area contributed by atoms with E-state index in [4.69, 9.17) is 13.7 Å². The van der Waals surface area contributed by atoms with Crippen LogP contribution in [0.15, 0.2) is 47.0 Å². The van der Waals surface area contributed by atoms with E-state index in [2.05, 4.69) is 39.0 Å². The summed E-state index contributed by atoms with van der Waals surface area (Å²) in [7, 11) is 1.54. The van der Waals surface area contributed by atoms with Crippen LogP contribution in [0.2, 0.25) is 18.1 Å². The number of benzene rings is 1. The number of hydrogen-bond donors (Lipinski definition) is 1. The number of carbonyl (C=O) groups is 1. The van der Waals surface area contributed by atoms with Crippen LogP contribution in [-0.2, 0) is 16.6 Å². The fraction of sp³-hybridized carbons (Fsp3) is 0.556. The summed E-state index contributed by atoms with van der Waals surface area (Å²) in [6.45, 7) is 12.9. The molecule has 0 spiro atoms. The molecule has 7 nitrogen and oxygen atoms in total. The van der Waals surface area contributed by atoms with Gasteiger partial charge in [0.05, 0.1) is 5.54 Å². The topological polar surface area (TPSA) is 85.0 Å². The summed E-state index contributed by atoms with van der Waals surface area (Å²) < 4.78 is 18.5. The first-order valence-corrected chi connectivity index (χ1v) is 15.1. The molecule has 0 saturated carbocycles. The van der Waals surface area contributed by atoms with Crippen molar-refractivity contribution in [1.82, 2.24) is 10.1 Å². The van der Waals surface area contributed by atoms with Crippen molar-refractivity contribution < 1.29 is 23.6 Å². The number of Topliss-reactive ketones (excluding diaryl/α,β-unsaturated/α-hetero) is 1. The van der Waals surface area contributed by atoms with E-state index in [0.29, 0.717) is 12.2 Å². The zero-order chi connectivity index (χ0) is 25.8. The summed E-state index contributed by atoms with van der Waals surface area (Å²) in [5, 5.41) is 16.4. The van der Waals surface area contributed by atoms with Gasteiger partial charge in [-0.3, -0.25) is 9.69 Å². The van der Waals surface area contributed by atoms with E-state index in [1.165, 1.54) is 0 Å². The van der Waals surface area contributed by atoms with Crippen molar-refractivity contribution in [3.63, 3.8) is 0 Å². The Morgan fingerprint density at radius 1 is 1.23 bits per heavy atom. The Morgan fingerprint density at radius 2 is 1.89 bits per heavy atom. The Kier molecular flexibility index (Phi) is 6.41. The molecular formula is C27H38N2O5Si. The summed E-state index contributed by atoms with van der Waals surface area (Å²) in [5.41, 5.74) is -1.44. The van der Waals surface area contributed by atoms with Crippen LogP contribution in [0.4, 0.5) is 0 Å². The zero-order valence-corrected chi connectivity index (χ0v) is 23.1. The first kappa shape index (κ1) is 25.8. The summed E-state index contributed by atoms with van der Waals surface area (Å²) in [4.78, 5) is 16.2. The number of nitrogens with zero attached hydrogens (tertiary/aromatic N) is 2. The molecule has 4 atom stereocenters. The minimum atomic E-state index is -2.31. The number of aromatic nitrogens is 1. The highest BCUT2D eigenvalue weighted by Crippen LogP contribution is 2.55. The van der Waals surface area contributed by atoms with E-state index in [1.807, 2.05) is 68.4 Å². The van der Waals surface area contributed by atoms with Gasteiger partial charge in [0.1, 0.15) is 18.3 Å². The predicted molar refractivity (Wildman–Crippen MR) is 137 cm³/mol. The Balaban J connectivity index is 1.80. The standard InChI is InChI=1S/C27H38N2O5Si/c1-25(2,3)35(7,8)34-20-16-12-15-19-26(4,29(5)6)23-21(22(30)27(19,20)31)24(28-33-23)32-17-18-13-10-9-11-14-18/h9-14,16,19-20,31H,15,17H2,1-8H3/t19-,20?,26?,27-/m0/s1. The summed E-state index contributed by atoms with van der Waals surface area (Å²) in [6.07, 6.45) is 3.60. The lowest BCUT2D eigenvalue weighted by Crippen LogP contribution is -2.69. The SMILES string of the molecule is CN(C)C1(C)c2onc(OCc3ccccc3)c2C(=O)[C@@]2(O)C(O[Si](C)(C)C(C)(C)C)C=CC[C@@H]12. The maximum atomic E-state index is 14.2. The van der Waals surface area contributed by atoms with Gasteiger partial charge in [-0.1, -0.05) is 63.3 Å². The molecule has 0 bridgehead atoms. The van der Waals surface area contributed by atoms with Gasteiger partial charge in [-0.05, 0) is 56.3 Å². The number of fused-ring (bicyclic) bond motifs is 2. The molecule has 8 heteroatoms. The smallest absolute Gasteiger partial charge is 0.265 e. The molecule has 0 fully saturated rings. The molecule has 2 unspecified atom stereocenters. The highest BCUT2D eigenvalue weighted by Gasteiger charge is 2.66. The van der Waals surface area contributed by atoms with Crippen molar-refractivity contribution in [3.8, 4) is 5.88 Å². The number of carbonyl (C=O) groups excluding carboxylic acids is 1. The Bertz CT molecular complexity index is 1120. The molecule has 1 heterocycles. The number of rotatable bonds is 6. The third kappa shape index (κ3) is 4.00. The predicted octanol–water partition coefficient (Wildman–Crippen LogP) is 4.92. The molecule has 35 heavy (non-hydrogen) atoms. The third-order valence-corrected chi connectivity index (χ3v) is 12.9. The van der Waals surface area contributed by atoms with Gasteiger partial charge in [-0.25, -0.2) is 0 Å². The second-order valence-electron chi connectivity index (χ2n) is 11.7. The van der Waals surface area contributed by atoms with Gasteiger partial charge in [-0.15, -0.1) is 0 Å². The van der Waals surface area contributed by atoms with E-state index in [1.54, 1.807) is 0 Å². The fourth-order valence-electron chi connectivity index (χ4n) is 4.95. The van der Waals surface area contributed by atoms with E-state index < -0.39 is 37.3 Å². The fourth-order valence-corrected chi connectivity index (χ4v) is 6.20. The van der Waals surface area contributed by atoms with Crippen molar-refractivity contribution >= 4 is 14.1 Å². The van der Waals surface area contributed by atoms with Crippen molar-refractivity contribution in [1.29, 1.82) is 0 Å². The van der Waals surface area contributed by atoms with Gasteiger partial charge in [0.25, 0.3) is 5.88 Å². The van der Waals surface area contributed by atoms with Crippen LogP contribution in [0.3, 0.4) is 0 Å². The van der Waals surface area contributed by atoms with Crippen molar-refractivity contribution in [3.05, 3.63) is 59.4 Å². The number of allylic oxidation sites excluding steroid dienone is 1. The maximum Gasteiger partial charge on any atom is 0.265 e. The molecule has 1 N–H and O–H groups in total. The van der Waals surface area contributed by atoms with Gasteiger partial charge in [0, 0.05) is 5.92 Å². The molecule has 0 saturated heterocycles. The van der Waals surface area contributed by atoms with Gasteiger partial charge in [-0.2, -0.15) is 0 Å². The second kappa shape index (κ2) is 8.69. The molecule has 2 aliphatic carbocycles. The van der Waals surface area contributed by atoms with Gasteiger partial charge in [0.15, 0.2) is 19.7 Å². The van der Waals surface area contributed by atoms with Crippen molar-refractivity contribution in [2.75, 3.05) is 14.1 Å². The van der Waals surface area contributed by atoms with Crippen LogP contribution in [0, 0.1) is 5.92 Å². The molecule has 1 aromatic heterocycles. The molecule has 0 aliphatic heterocycles. The van der Waals surface area contributed by atoms with Crippen LogP contribution in [0.1, 0.15) is 55.8 Å². The van der Waals surface area contributed by atoms with Crippen LogP contribution >= 0.6 is 0 Å². The van der Waals surface area contributed by atoms with Crippen LogP contribution < -0.4 is 4.74 Å². The number of hydrogen-bond acceptors (Lipinski definition) is 7. The molecule has 0 amide bonds. The lowest BCUT2D eigenvalue weighted by molar-refractivity contribution is -0.120. The first-order valence-electron chi connectivity index (χ1n) is 12.2. The lowest BCUT2D eigenvalue weighted by atomic mass is 9.59. The zero-order valence-electron chi connectivity index (χ0n) is 22.1. The molecule has 4 rings (SSSR count). The van der Waals surface area contributed by atoms with Crippen molar-refractivity contribution in [2.45, 2.75) is 76.1 Å². The van der Waals surface area contributed by atoms with Crippen LogP contribution in [0.5, 0.6) is 5.88 Å². The van der Waals surface area contributed by atoms with Crippen LogP contribution in [0.25, 0.3) is 0 Å². The summed E-state index contributed by atoms with van der Waals surface area (Å²) in [6, 6.07) is 9.67. The monoisotopic (exact) mass is 498 g/mol. The largest absolute Gasteiger partial charge is 0.470 e. The van der Waals surface area contributed by atoms with E-state index >= 15 is 0 Å². The molecule has 0 radical (unpaired) electrons. The molecule has 2 aliphatic rings. The average Bonchev–Trinajstić information content (AvgIpc) is 3.21. The molecule has 190 valence electrons. The summed E-state index contributed by atoms with van der Waals surface area (Å²) >= 11 is 0. The summed E-state index contributed by atoms with van der Waals surface area (Å²) in [5.74, 6) is -0.407. The van der Waals surface area contributed by atoms with Gasteiger partial charge in [0.2, 0.25) is 5.78 Å². The Morgan fingerprint density at radius 3 is 2.49 bits per heavy atom. The molecule has 1 aromatic carbocycles. The maximum absolute atomic E-state index is 14.2. The van der Waals surface area contributed by atoms with Gasteiger partial charge < -0.3 is 18.8 Å². The van der Waals surface area contributed by atoms with E-state index in [9.17, 15) is 9.90 Å². The molecule has 2 aromatic rings. The van der Waals surface area contributed by atoms with Gasteiger partial charge >= 0.3 is 0 Å². The minimum Gasteiger partial charge on any atom is -0.470 e. The second-order valence-corrected chi connectivity index (χ2v) is 16.4. The highest BCUT2D eigenvalue weighted by molar-refractivity contribution is 6.74. The van der Waals surface area contributed by atoms with Crippen molar-refractivity contribution in [2.24, 2.45) is 5.92 Å². The Labute approximate surface area is 209 Å².